The summed E-state index contributed by atoms with van der Waals surface area (Å²) in [7, 11) is 0. The molecule has 4 rings (SSSR count). The van der Waals surface area contributed by atoms with Crippen LogP contribution in [0.4, 0.5) is 18.3 Å². The summed E-state index contributed by atoms with van der Waals surface area (Å²) in [6, 6.07) is 7.97. The van der Waals surface area contributed by atoms with Gasteiger partial charge in [-0.25, -0.2) is 4.79 Å². The Balaban J connectivity index is 1.33. The van der Waals surface area contributed by atoms with Gasteiger partial charge in [-0.15, -0.1) is 21.5 Å². The number of carbonyl (C=O) groups is 2. The smallest absolute Gasteiger partial charge is 0.416 e. The van der Waals surface area contributed by atoms with Gasteiger partial charge in [-0.05, 0) is 35.7 Å². The Morgan fingerprint density at radius 2 is 1.91 bits per heavy atom. The van der Waals surface area contributed by atoms with E-state index in [4.69, 9.17) is 9.15 Å². The average Bonchev–Trinajstić information content (AvgIpc) is 3.51. The van der Waals surface area contributed by atoms with Gasteiger partial charge >= 0.3 is 12.1 Å². The number of rotatable bonds is 7. The van der Waals surface area contributed by atoms with Gasteiger partial charge < -0.3 is 9.15 Å². The fraction of sp³-hybridized carbons (Fsp3) is 0.0952. The van der Waals surface area contributed by atoms with Crippen LogP contribution in [-0.2, 0) is 11.9 Å². The van der Waals surface area contributed by atoms with Crippen LogP contribution in [0, 0.1) is 0 Å². The number of aromatic nitrogens is 2. The van der Waals surface area contributed by atoms with E-state index in [2.05, 4.69) is 15.5 Å². The quantitative estimate of drug-likeness (QED) is 0.190. The Hall–Kier alpha value is -3.49. The zero-order valence-electron chi connectivity index (χ0n) is 17.2. The molecule has 0 bridgehead atoms. The Morgan fingerprint density at radius 1 is 1.14 bits per heavy atom. The molecule has 3 aromatic heterocycles. The van der Waals surface area contributed by atoms with Crippen LogP contribution in [-0.4, -0.2) is 22.1 Å². The molecule has 3 heterocycles. The summed E-state index contributed by atoms with van der Waals surface area (Å²) in [6.45, 7) is 0. The first-order valence-electron chi connectivity index (χ1n) is 9.51. The molecular formula is C21H12F3N3O5S3. The zero-order chi connectivity index (χ0) is 25.0. The number of thioether (sulfide) groups is 1. The third-order valence-electron chi connectivity index (χ3n) is 4.21. The Bertz CT molecular complexity index is 1400. The van der Waals surface area contributed by atoms with Gasteiger partial charge in [-0.1, -0.05) is 29.2 Å². The number of alkyl halides is 3. The number of hydrogen-bond acceptors (Lipinski definition) is 10. The Labute approximate surface area is 206 Å². The summed E-state index contributed by atoms with van der Waals surface area (Å²) in [5.41, 5.74) is -1.72. The van der Waals surface area contributed by atoms with Gasteiger partial charge in [0.1, 0.15) is 12.0 Å². The highest BCUT2D eigenvalue weighted by molar-refractivity contribution is 8.00. The minimum Gasteiger partial charge on any atom is -0.464 e. The molecule has 0 radical (unpaired) electrons. The fourth-order valence-corrected chi connectivity index (χ4v) is 4.82. The van der Waals surface area contributed by atoms with Gasteiger partial charge in [0.05, 0.1) is 21.8 Å². The van der Waals surface area contributed by atoms with Crippen molar-refractivity contribution in [3.8, 4) is 5.75 Å². The fourth-order valence-electron chi connectivity index (χ4n) is 2.56. The molecule has 0 atom stereocenters. The number of thiophene rings is 1. The lowest BCUT2D eigenvalue weighted by atomic mass is 10.1. The molecule has 0 aliphatic heterocycles. The van der Waals surface area contributed by atoms with E-state index in [-0.39, 0.29) is 23.0 Å². The van der Waals surface area contributed by atoms with Crippen molar-refractivity contribution in [2.45, 2.75) is 16.3 Å². The Kier molecular flexibility index (Phi) is 7.33. The second-order valence-corrected chi connectivity index (χ2v) is 9.78. The van der Waals surface area contributed by atoms with E-state index in [0.29, 0.717) is 14.3 Å². The van der Waals surface area contributed by atoms with E-state index in [1.54, 1.807) is 17.5 Å². The van der Waals surface area contributed by atoms with Crippen LogP contribution in [0.1, 0.15) is 31.4 Å². The second kappa shape index (κ2) is 10.4. The minimum atomic E-state index is -4.54. The van der Waals surface area contributed by atoms with E-state index >= 15 is 0 Å². The van der Waals surface area contributed by atoms with Crippen LogP contribution in [0.15, 0.2) is 67.7 Å². The molecule has 0 saturated carbocycles. The maximum atomic E-state index is 12.6. The average molecular weight is 540 g/mol. The number of ether oxygens (including phenoxy) is 1. The minimum absolute atomic E-state index is 0.157. The Morgan fingerprint density at radius 3 is 2.57 bits per heavy atom. The molecule has 0 spiro atoms. The van der Waals surface area contributed by atoms with Crippen LogP contribution in [0.5, 0.6) is 5.75 Å². The number of esters is 1. The predicted octanol–water partition coefficient (Wildman–Crippen LogP) is 5.34. The van der Waals surface area contributed by atoms with Crippen molar-refractivity contribution in [1.29, 1.82) is 0 Å². The number of nitrogens with one attached hydrogen (secondary N) is 1. The van der Waals surface area contributed by atoms with E-state index in [1.165, 1.54) is 23.1 Å². The molecule has 0 aliphatic carbocycles. The molecule has 0 aliphatic rings. The highest BCUT2D eigenvalue weighted by Gasteiger charge is 2.30. The molecule has 0 unspecified atom stereocenters. The summed E-state index contributed by atoms with van der Waals surface area (Å²) in [5.74, 6) is -1.23. The first-order chi connectivity index (χ1) is 16.7. The van der Waals surface area contributed by atoms with Crippen molar-refractivity contribution in [3.05, 3.63) is 86.1 Å². The van der Waals surface area contributed by atoms with Crippen molar-refractivity contribution in [3.63, 3.8) is 0 Å². The first-order valence-corrected chi connectivity index (χ1v) is 12.2. The van der Waals surface area contributed by atoms with Crippen LogP contribution >= 0.6 is 34.4 Å². The molecule has 1 amide bonds. The molecule has 14 heteroatoms. The summed E-state index contributed by atoms with van der Waals surface area (Å²) in [5, 5.41) is 12.6. The normalized spacial score (nSPS) is 11.3. The highest BCUT2D eigenvalue weighted by Crippen LogP contribution is 2.30. The van der Waals surface area contributed by atoms with Gasteiger partial charge in [0, 0.05) is 6.07 Å². The standard InChI is InChI=1S/C21H12F3N3O5S3/c22-21(23,24)12-5-3-11(4-6-12)18(30)32-15-9-31-13(8-14(15)28)10-34-20-27-26-19(35-20)25-17(29)16-2-1-7-33-16/h1-9H,10H2,(H,25,26,29). The number of halogens is 3. The maximum Gasteiger partial charge on any atom is 0.416 e. The van der Waals surface area contributed by atoms with Gasteiger partial charge in [0.15, 0.2) is 4.34 Å². The number of hydrogen-bond donors (Lipinski definition) is 1. The van der Waals surface area contributed by atoms with E-state index < -0.39 is 28.9 Å². The third-order valence-corrected chi connectivity index (χ3v) is 7.08. The topological polar surface area (TPSA) is 111 Å². The zero-order valence-corrected chi connectivity index (χ0v) is 19.6. The van der Waals surface area contributed by atoms with E-state index in [1.807, 2.05) is 0 Å². The lowest BCUT2D eigenvalue weighted by molar-refractivity contribution is -0.137. The molecule has 1 aromatic carbocycles. The van der Waals surface area contributed by atoms with Crippen molar-refractivity contribution < 1.29 is 31.9 Å². The summed E-state index contributed by atoms with van der Waals surface area (Å²) in [4.78, 5) is 37.0. The molecule has 1 N–H and O–H groups in total. The molecule has 180 valence electrons. The van der Waals surface area contributed by atoms with Gasteiger partial charge in [-0.3, -0.25) is 14.9 Å². The van der Waals surface area contributed by atoms with Crippen LogP contribution in [0.2, 0.25) is 0 Å². The molecule has 8 nitrogen and oxygen atoms in total. The number of benzene rings is 1. The summed E-state index contributed by atoms with van der Waals surface area (Å²) < 4.78 is 48.7. The van der Waals surface area contributed by atoms with Gasteiger partial charge in [-0.2, -0.15) is 13.2 Å². The van der Waals surface area contributed by atoms with Crippen molar-refractivity contribution >= 4 is 51.4 Å². The lowest BCUT2D eigenvalue weighted by Crippen LogP contribution is -2.15. The number of carbonyl (C=O) groups excluding carboxylic acids is 2. The van der Waals surface area contributed by atoms with Gasteiger partial charge in [0.25, 0.3) is 5.91 Å². The van der Waals surface area contributed by atoms with Crippen LogP contribution in [0.25, 0.3) is 0 Å². The molecule has 4 aromatic rings. The SMILES string of the molecule is O=C(Oc1coc(CSc2nnc(NC(=O)c3cccs3)s2)cc1=O)c1ccc(C(F)(F)F)cc1. The van der Waals surface area contributed by atoms with Crippen molar-refractivity contribution in [2.75, 3.05) is 5.32 Å². The molecular weight excluding hydrogens is 527 g/mol. The molecule has 0 saturated heterocycles. The predicted molar refractivity (Wildman–Crippen MR) is 123 cm³/mol. The number of amides is 1. The second-order valence-electron chi connectivity index (χ2n) is 6.63. The van der Waals surface area contributed by atoms with Crippen molar-refractivity contribution in [2.24, 2.45) is 0 Å². The molecule has 35 heavy (non-hydrogen) atoms. The summed E-state index contributed by atoms with van der Waals surface area (Å²) in [6.07, 6.45) is -3.58. The number of nitrogens with zero attached hydrogens (tertiary/aromatic N) is 2. The van der Waals surface area contributed by atoms with Crippen LogP contribution in [0.3, 0.4) is 0 Å². The first kappa shape index (κ1) is 24.6. The monoisotopic (exact) mass is 539 g/mol. The van der Waals surface area contributed by atoms with E-state index in [0.717, 1.165) is 47.9 Å². The molecule has 0 fully saturated rings. The number of anilines is 1. The van der Waals surface area contributed by atoms with Gasteiger partial charge in [0.2, 0.25) is 16.3 Å². The lowest BCUT2D eigenvalue weighted by Gasteiger charge is -2.07. The highest BCUT2D eigenvalue weighted by atomic mass is 32.2. The van der Waals surface area contributed by atoms with Crippen LogP contribution < -0.4 is 15.5 Å². The maximum absolute atomic E-state index is 12.6. The largest absolute Gasteiger partial charge is 0.464 e. The van der Waals surface area contributed by atoms with E-state index in [9.17, 15) is 27.6 Å². The summed E-state index contributed by atoms with van der Waals surface area (Å²) >= 11 is 3.65. The third kappa shape index (κ3) is 6.35. The van der Waals surface area contributed by atoms with Crippen molar-refractivity contribution in [1.82, 2.24) is 10.2 Å².